The SMILES string of the molecule is CC(C)(C)OC(=O)NCCOCC(=O)N1CC(COc2ccc3c(c2)C(=O)N(C2CCC(=O)NC2=O)C3=O)C1. The van der Waals surface area contributed by atoms with Gasteiger partial charge in [-0.15, -0.1) is 0 Å². The number of carbonyl (C=O) groups is 6. The molecule has 0 spiro atoms. The van der Waals surface area contributed by atoms with E-state index in [-0.39, 0.29) is 55.6 Å². The molecule has 0 bridgehead atoms. The summed E-state index contributed by atoms with van der Waals surface area (Å²) in [5, 5.41) is 4.72. The van der Waals surface area contributed by atoms with Gasteiger partial charge in [0.25, 0.3) is 11.8 Å². The minimum Gasteiger partial charge on any atom is -0.493 e. The van der Waals surface area contributed by atoms with Crippen molar-refractivity contribution in [1.82, 2.24) is 20.4 Å². The number of carbonyl (C=O) groups excluding carboxylic acids is 6. The van der Waals surface area contributed by atoms with Crippen molar-refractivity contribution in [3.63, 3.8) is 0 Å². The lowest BCUT2D eigenvalue weighted by Gasteiger charge is -2.39. The summed E-state index contributed by atoms with van der Waals surface area (Å²) in [4.78, 5) is 75.7. The third kappa shape index (κ3) is 6.72. The van der Waals surface area contributed by atoms with Crippen molar-refractivity contribution < 1.29 is 43.0 Å². The predicted octanol–water partition coefficient (Wildman–Crippen LogP) is 0.466. The van der Waals surface area contributed by atoms with Crippen molar-refractivity contribution in [3.05, 3.63) is 29.3 Å². The fourth-order valence-corrected chi connectivity index (χ4v) is 4.42. The number of fused-ring (bicyclic) bond motifs is 1. The van der Waals surface area contributed by atoms with Crippen molar-refractivity contribution in [2.75, 3.05) is 39.5 Å². The third-order valence-corrected chi connectivity index (χ3v) is 6.35. The highest BCUT2D eigenvalue weighted by molar-refractivity contribution is 6.23. The highest BCUT2D eigenvalue weighted by atomic mass is 16.6. The number of nitrogens with zero attached hydrogens (tertiary/aromatic N) is 2. The van der Waals surface area contributed by atoms with Gasteiger partial charge in [-0.05, 0) is 45.4 Å². The summed E-state index contributed by atoms with van der Waals surface area (Å²) < 4.78 is 16.2. The molecule has 2 N–H and O–H groups in total. The van der Waals surface area contributed by atoms with Crippen molar-refractivity contribution in [1.29, 1.82) is 0 Å². The van der Waals surface area contributed by atoms with E-state index in [1.807, 2.05) is 0 Å². The van der Waals surface area contributed by atoms with Gasteiger partial charge in [0.15, 0.2) is 0 Å². The van der Waals surface area contributed by atoms with Crippen LogP contribution in [-0.2, 0) is 23.9 Å². The highest BCUT2D eigenvalue weighted by Crippen LogP contribution is 2.30. The summed E-state index contributed by atoms with van der Waals surface area (Å²) >= 11 is 0. The molecule has 1 unspecified atom stereocenters. The molecule has 13 heteroatoms. The van der Waals surface area contributed by atoms with Gasteiger partial charge in [-0.2, -0.15) is 0 Å². The molecule has 0 aliphatic carbocycles. The minimum absolute atomic E-state index is 0.0521. The number of alkyl carbamates (subject to hydrolysis) is 1. The molecule has 0 radical (unpaired) electrons. The Morgan fingerprint density at radius 3 is 2.49 bits per heavy atom. The number of ether oxygens (including phenoxy) is 3. The van der Waals surface area contributed by atoms with Crippen molar-refractivity contribution in [2.45, 2.75) is 45.3 Å². The Kier molecular flexibility index (Phi) is 8.19. The first-order valence-corrected chi connectivity index (χ1v) is 12.7. The maximum Gasteiger partial charge on any atom is 0.407 e. The van der Waals surface area contributed by atoms with Crippen LogP contribution in [0.2, 0.25) is 0 Å². The second-order valence-electron chi connectivity index (χ2n) is 10.6. The Morgan fingerprint density at radius 1 is 1.08 bits per heavy atom. The molecule has 2 saturated heterocycles. The summed E-state index contributed by atoms with van der Waals surface area (Å²) in [6.07, 6.45) is -0.407. The lowest BCUT2D eigenvalue weighted by Crippen LogP contribution is -2.54. The number of benzene rings is 1. The second kappa shape index (κ2) is 11.4. The molecule has 3 aliphatic heterocycles. The molecule has 0 saturated carbocycles. The number of imide groups is 2. The minimum atomic E-state index is -1.02. The van der Waals surface area contributed by atoms with Crippen LogP contribution in [0, 0.1) is 5.92 Å². The fraction of sp³-hybridized carbons (Fsp3) is 0.538. The van der Waals surface area contributed by atoms with Crippen LogP contribution >= 0.6 is 0 Å². The average Bonchev–Trinajstić information content (AvgIpc) is 3.06. The van der Waals surface area contributed by atoms with E-state index in [2.05, 4.69) is 10.6 Å². The van der Waals surface area contributed by atoms with Crippen LogP contribution < -0.4 is 15.4 Å². The van der Waals surface area contributed by atoms with Gasteiger partial charge in [0.2, 0.25) is 17.7 Å². The molecular weight excluding hydrogens is 512 g/mol. The Bertz CT molecular complexity index is 1190. The van der Waals surface area contributed by atoms with Gasteiger partial charge in [-0.1, -0.05) is 0 Å². The molecule has 3 heterocycles. The predicted molar refractivity (Wildman–Crippen MR) is 134 cm³/mol. The van der Waals surface area contributed by atoms with Crippen molar-refractivity contribution >= 4 is 35.6 Å². The Labute approximate surface area is 225 Å². The van der Waals surface area contributed by atoms with Crippen LogP contribution in [0.25, 0.3) is 0 Å². The summed E-state index contributed by atoms with van der Waals surface area (Å²) in [6, 6.07) is 3.52. The van der Waals surface area contributed by atoms with E-state index in [1.54, 1.807) is 31.7 Å². The largest absolute Gasteiger partial charge is 0.493 e. The standard InChI is InChI=1S/C26H32N4O9/c1-26(2,3)39-25(36)27-8-9-37-14-21(32)29-11-15(12-29)13-38-16-4-5-17-18(10-16)24(35)30(23(17)34)19-6-7-20(31)28-22(19)33/h4-5,10,15,19H,6-9,11-14H2,1-3H3,(H,27,36)(H,28,31,33). The molecule has 0 aromatic heterocycles. The van der Waals surface area contributed by atoms with E-state index < -0.39 is 41.4 Å². The summed E-state index contributed by atoms with van der Waals surface area (Å²) in [7, 11) is 0. The lowest BCUT2D eigenvalue weighted by molar-refractivity contribution is -0.143. The summed E-state index contributed by atoms with van der Waals surface area (Å²) in [5.41, 5.74) is -0.265. The van der Waals surface area contributed by atoms with E-state index in [0.29, 0.717) is 25.4 Å². The first-order chi connectivity index (χ1) is 18.4. The van der Waals surface area contributed by atoms with E-state index in [1.165, 1.54) is 12.1 Å². The third-order valence-electron chi connectivity index (χ3n) is 6.35. The molecule has 3 aliphatic rings. The fourth-order valence-electron chi connectivity index (χ4n) is 4.42. The van der Waals surface area contributed by atoms with E-state index in [4.69, 9.17) is 14.2 Å². The number of nitrogens with one attached hydrogen (secondary N) is 2. The number of amides is 6. The van der Waals surface area contributed by atoms with Crippen molar-refractivity contribution in [3.8, 4) is 5.75 Å². The van der Waals surface area contributed by atoms with E-state index in [0.717, 1.165) is 4.90 Å². The Hall–Kier alpha value is -4.00. The van der Waals surface area contributed by atoms with Crippen LogP contribution in [0.5, 0.6) is 5.75 Å². The van der Waals surface area contributed by atoms with Gasteiger partial charge in [-0.25, -0.2) is 4.79 Å². The molecule has 39 heavy (non-hydrogen) atoms. The van der Waals surface area contributed by atoms with Crippen LogP contribution in [0.4, 0.5) is 4.79 Å². The van der Waals surface area contributed by atoms with E-state index in [9.17, 15) is 28.8 Å². The zero-order chi connectivity index (χ0) is 28.3. The Morgan fingerprint density at radius 2 is 1.79 bits per heavy atom. The number of hydrogen-bond donors (Lipinski definition) is 2. The zero-order valence-electron chi connectivity index (χ0n) is 22.1. The van der Waals surface area contributed by atoms with Gasteiger partial charge in [0.05, 0.1) is 24.3 Å². The van der Waals surface area contributed by atoms with Crippen molar-refractivity contribution in [2.24, 2.45) is 5.92 Å². The summed E-state index contributed by atoms with van der Waals surface area (Å²) in [6.45, 7) is 6.87. The molecule has 1 aromatic rings. The normalized spacial score (nSPS) is 19.4. The number of rotatable bonds is 9. The average molecular weight is 545 g/mol. The monoisotopic (exact) mass is 544 g/mol. The molecule has 6 amide bonds. The topological polar surface area (TPSA) is 161 Å². The maximum atomic E-state index is 12.9. The van der Waals surface area contributed by atoms with Gasteiger partial charge in [0, 0.05) is 32.0 Å². The molecule has 1 aromatic carbocycles. The first kappa shape index (κ1) is 28.0. The second-order valence-corrected chi connectivity index (χ2v) is 10.6. The highest BCUT2D eigenvalue weighted by Gasteiger charge is 2.44. The molecule has 210 valence electrons. The van der Waals surface area contributed by atoms with Gasteiger partial charge < -0.3 is 24.4 Å². The molecule has 2 fully saturated rings. The van der Waals surface area contributed by atoms with E-state index >= 15 is 0 Å². The molecule has 13 nitrogen and oxygen atoms in total. The molecular formula is C26H32N4O9. The quantitative estimate of drug-likeness (QED) is 0.333. The smallest absolute Gasteiger partial charge is 0.407 e. The van der Waals surface area contributed by atoms with Crippen LogP contribution in [0.1, 0.15) is 54.3 Å². The van der Waals surface area contributed by atoms with Crippen LogP contribution in [-0.4, -0.2) is 96.5 Å². The number of likely N-dealkylation sites (tertiary alicyclic amines) is 1. The summed E-state index contributed by atoms with van der Waals surface area (Å²) in [5.74, 6) is -1.95. The van der Waals surface area contributed by atoms with Gasteiger partial charge >= 0.3 is 6.09 Å². The van der Waals surface area contributed by atoms with Gasteiger partial charge in [0.1, 0.15) is 24.0 Å². The first-order valence-electron chi connectivity index (χ1n) is 12.7. The van der Waals surface area contributed by atoms with Gasteiger partial charge in [-0.3, -0.25) is 34.2 Å². The maximum absolute atomic E-state index is 12.9. The zero-order valence-corrected chi connectivity index (χ0v) is 22.1. The number of hydrogen-bond acceptors (Lipinski definition) is 9. The van der Waals surface area contributed by atoms with Crippen LogP contribution in [0.3, 0.4) is 0 Å². The lowest BCUT2D eigenvalue weighted by atomic mass is 10.0. The number of piperidine rings is 1. The molecule has 1 atom stereocenters. The van der Waals surface area contributed by atoms with Crippen LogP contribution in [0.15, 0.2) is 18.2 Å². The molecule has 4 rings (SSSR count). The Balaban J connectivity index is 1.17.